The molecule has 1 aromatic rings. The van der Waals surface area contributed by atoms with E-state index in [9.17, 15) is 0 Å². The van der Waals surface area contributed by atoms with Gasteiger partial charge in [0.15, 0.2) is 0 Å². The summed E-state index contributed by atoms with van der Waals surface area (Å²) in [5, 5.41) is 3.48. The summed E-state index contributed by atoms with van der Waals surface area (Å²) < 4.78 is 0. The zero-order valence-corrected chi connectivity index (χ0v) is 13.2. The van der Waals surface area contributed by atoms with Crippen molar-refractivity contribution in [2.75, 3.05) is 26.2 Å². The van der Waals surface area contributed by atoms with Crippen molar-refractivity contribution in [1.29, 1.82) is 0 Å². The molecule has 4 rings (SSSR count). The van der Waals surface area contributed by atoms with Gasteiger partial charge >= 0.3 is 0 Å². The second-order valence-electron chi connectivity index (χ2n) is 7.19. The van der Waals surface area contributed by atoms with Crippen molar-refractivity contribution in [3.63, 3.8) is 0 Å². The van der Waals surface area contributed by atoms with Crippen molar-refractivity contribution < 1.29 is 0 Å². The Bertz CT molecular complexity index is 516. The minimum absolute atomic E-state index is 0.820. The molecule has 1 unspecified atom stereocenters. The third kappa shape index (κ3) is 2.66. The summed E-state index contributed by atoms with van der Waals surface area (Å²) in [6.45, 7) is 7.40. The first-order valence-corrected chi connectivity index (χ1v) is 8.68. The van der Waals surface area contributed by atoms with Crippen LogP contribution in [0.2, 0.25) is 6.32 Å². The Morgan fingerprint density at radius 1 is 1.33 bits per heavy atom. The molecule has 21 heavy (non-hydrogen) atoms. The zero-order chi connectivity index (χ0) is 14.2. The first-order valence-electron chi connectivity index (χ1n) is 8.68. The summed E-state index contributed by atoms with van der Waals surface area (Å²) in [5.74, 6) is 0.884. The van der Waals surface area contributed by atoms with Crippen molar-refractivity contribution in [2.45, 2.75) is 44.9 Å². The van der Waals surface area contributed by atoms with Crippen LogP contribution >= 0.6 is 0 Å². The molecule has 1 atom stereocenters. The molecular weight excluding hydrogens is 255 g/mol. The van der Waals surface area contributed by atoms with Crippen LogP contribution in [0, 0.1) is 12.8 Å². The molecule has 1 radical (unpaired) electrons. The van der Waals surface area contributed by atoms with Gasteiger partial charge in [-0.1, -0.05) is 24.8 Å². The minimum Gasteiger partial charge on any atom is -0.315 e. The summed E-state index contributed by atoms with van der Waals surface area (Å²) in [7, 11) is 2.46. The van der Waals surface area contributed by atoms with Crippen LogP contribution in [0.25, 0.3) is 0 Å². The maximum absolute atomic E-state index is 3.48. The van der Waals surface area contributed by atoms with Crippen LogP contribution in [0.15, 0.2) is 12.1 Å². The van der Waals surface area contributed by atoms with Gasteiger partial charge in [0.05, 0.1) is 0 Å². The van der Waals surface area contributed by atoms with Crippen LogP contribution in [0.3, 0.4) is 0 Å². The standard InChI is InChI=1S/C18H26BN2/c1-13-16(3-2-15-4-6-19-9-18(13)15)8-14-11-21(12-14)17-5-7-20-10-17/h2-3,14,17,20H,4-12H2,1H3. The van der Waals surface area contributed by atoms with Gasteiger partial charge in [0, 0.05) is 25.7 Å². The predicted octanol–water partition coefficient (Wildman–Crippen LogP) is 2.01. The number of nitrogens with zero attached hydrogens (tertiary/aromatic N) is 1. The lowest BCUT2D eigenvalue weighted by Gasteiger charge is -2.43. The Morgan fingerprint density at radius 3 is 3.05 bits per heavy atom. The Morgan fingerprint density at radius 2 is 2.24 bits per heavy atom. The SMILES string of the molecule is Cc1c(CC2CN(C3CCNC3)C2)ccc2c1C[B]CC2. The quantitative estimate of drug-likeness (QED) is 0.853. The fourth-order valence-electron chi connectivity index (χ4n) is 4.40. The average molecular weight is 281 g/mol. The number of benzene rings is 1. The fourth-order valence-corrected chi connectivity index (χ4v) is 4.40. The van der Waals surface area contributed by atoms with E-state index >= 15 is 0 Å². The lowest BCUT2D eigenvalue weighted by Crippen LogP contribution is -2.53. The molecule has 3 heterocycles. The molecule has 111 valence electrons. The number of fused-ring (bicyclic) bond motifs is 1. The lowest BCUT2D eigenvalue weighted by molar-refractivity contribution is 0.0608. The zero-order valence-electron chi connectivity index (χ0n) is 13.2. The molecule has 1 aromatic carbocycles. The molecule has 3 aliphatic rings. The van der Waals surface area contributed by atoms with Gasteiger partial charge in [-0.25, -0.2) is 0 Å². The molecule has 3 heteroatoms. The summed E-state index contributed by atoms with van der Waals surface area (Å²) >= 11 is 0. The van der Waals surface area contributed by atoms with E-state index in [4.69, 9.17) is 0 Å². The number of hydrogen-bond donors (Lipinski definition) is 1. The first-order chi connectivity index (χ1) is 10.3. The molecule has 0 aliphatic carbocycles. The normalized spacial score (nSPS) is 26.2. The average Bonchev–Trinajstić information content (AvgIpc) is 2.98. The van der Waals surface area contributed by atoms with Gasteiger partial charge in [0.1, 0.15) is 7.28 Å². The minimum atomic E-state index is 0.820. The highest BCUT2D eigenvalue weighted by molar-refractivity contribution is 6.35. The van der Waals surface area contributed by atoms with Crippen molar-refractivity contribution in [3.05, 3.63) is 34.4 Å². The van der Waals surface area contributed by atoms with Gasteiger partial charge in [0.25, 0.3) is 0 Å². The van der Waals surface area contributed by atoms with Crippen LogP contribution in [0.1, 0.15) is 28.7 Å². The van der Waals surface area contributed by atoms with Gasteiger partial charge in [-0.15, -0.1) is 0 Å². The monoisotopic (exact) mass is 281 g/mol. The van der Waals surface area contributed by atoms with Gasteiger partial charge in [-0.05, 0) is 60.9 Å². The van der Waals surface area contributed by atoms with E-state index in [1.165, 1.54) is 58.1 Å². The van der Waals surface area contributed by atoms with Crippen molar-refractivity contribution in [1.82, 2.24) is 10.2 Å². The summed E-state index contributed by atoms with van der Waals surface area (Å²) in [6, 6.07) is 5.64. The van der Waals surface area contributed by atoms with E-state index in [1.807, 2.05) is 0 Å². The van der Waals surface area contributed by atoms with E-state index in [0.29, 0.717) is 0 Å². The maximum atomic E-state index is 3.48. The molecule has 0 amide bonds. The second kappa shape index (κ2) is 5.77. The smallest absolute Gasteiger partial charge is 0.115 e. The number of aryl methyl sites for hydroxylation is 1. The van der Waals surface area contributed by atoms with E-state index in [2.05, 4.69) is 36.6 Å². The molecule has 2 nitrogen and oxygen atoms in total. The Labute approximate surface area is 129 Å². The van der Waals surface area contributed by atoms with E-state index in [0.717, 1.165) is 12.0 Å². The lowest BCUT2D eigenvalue weighted by atomic mass is 9.61. The van der Waals surface area contributed by atoms with Crippen LogP contribution in [0.4, 0.5) is 0 Å². The predicted molar refractivity (Wildman–Crippen MR) is 89.2 cm³/mol. The highest BCUT2D eigenvalue weighted by Crippen LogP contribution is 2.29. The Hall–Kier alpha value is -0.795. The Balaban J connectivity index is 1.39. The number of nitrogens with one attached hydrogen (secondary N) is 1. The number of hydrogen-bond acceptors (Lipinski definition) is 2. The molecule has 0 aromatic heterocycles. The van der Waals surface area contributed by atoms with Crippen molar-refractivity contribution in [2.24, 2.45) is 5.92 Å². The van der Waals surface area contributed by atoms with Crippen LogP contribution in [0.5, 0.6) is 0 Å². The fraction of sp³-hybridized carbons (Fsp3) is 0.667. The summed E-state index contributed by atoms with van der Waals surface area (Å²) in [4.78, 5) is 2.69. The summed E-state index contributed by atoms with van der Waals surface area (Å²) in [5.41, 5.74) is 6.43. The second-order valence-corrected chi connectivity index (χ2v) is 7.19. The van der Waals surface area contributed by atoms with Gasteiger partial charge in [0.2, 0.25) is 0 Å². The largest absolute Gasteiger partial charge is 0.315 e. The molecule has 1 N–H and O–H groups in total. The molecule has 0 spiro atoms. The van der Waals surface area contributed by atoms with Crippen LogP contribution < -0.4 is 5.32 Å². The van der Waals surface area contributed by atoms with E-state index < -0.39 is 0 Å². The molecule has 3 aliphatic heterocycles. The van der Waals surface area contributed by atoms with Gasteiger partial charge < -0.3 is 5.32 Å². The highest BCUT2D eigenvalue weighted by Gasteiger charge is 2.33. The number of rotatable bonds is 3. The third-order valence-corrected chi connectivity index (χ3v) is 5.82. The van der Waals surface area contributed by atoms with Crippen molar-refractivity contribution >= 4 is 7.28 Å². The molecule has 0 saturated carbocycles. The van der Waals surface area contributed by atoms with E-state index in [-0.39, 0.29) is 0 Å². The molecular formula is C18H26BN2. The first kappa shape index (κ1) is 13.8. The van der Waals surface area contributed by atoms with Gasteiger partial charge in [-0.2, -0.15) is 0 Å². The van der Waals surface area contributed by atoms with Crippen LogP contribution in [-0.2, 0) is 19.2 Å². The van der Waals surface area contributed by atoms with Crippen molar-refractivity contribution in [3.8, 4) is 0 Å². The summed E-state index contributed by atoms with van der Waals surface area (Å²) in [6.07, 6.45) is 6.34. The van der Waals surface area contributed by atoms with Crippen LogP contribution in [-0.4, -0.2) is 44.4 Å². The maximum Gasteiger partial charge on any atom is 0.115 e. The number of likely N-dealkylation sites (tertiary alicyclic amines) is 1. The highest BCUT2D eigenvalue weighted by atomic mass is 15.2. The molecule has 2 saturated heterocycles. The molecule has 0 bridgehead atoms. The topological polar surface area (TPSA) is 15.3 Å². The third-order valence-electron chi connectivity index (χ3n) is 5.82. The van der Waals surface area contributed by atoms with Gasteiger partial charge in [-0.3, -0.25) is 4.90 Å². The Kier molecular flexibility index (Phi) is 3.80. The molecule has 2 fully saturated rings. The van der Waals surface area contributed by atoms with E-state index in [1.54, 1.807) is 22.3 Å².